The molecule has 3 atom stereocenters. The average molecular weight is 533 g/mol. The molecule has 168 valence electrons. The number of rotatable bonds is 2. The maximum Gasteiger partial charge on any atom is 0.180 e. The number of hydrogen-bond donors (Lipinski definition) is 0. The van der Waals surface area contributed by atoms with Crippen molar-refractivity contribution in [3.05, 3.63) is 105 Å². The molecule has 1 aliphatic carbocycles. The first-order chi connectivity index (χ1) is 16.4. The summed E-state index contributed by atoms with van der Waals surface area (Å²) in [6, 6.07) is 18.8. The number of nitrogens with zero attached hydrogens (tertiary/aromatic N) is 1. The van der Waals surface area contributed by atoms with E-state index < -0.39 is 23.4 Å². The summed E-state index contributed by atoms with van der Waals surface area (Å²) in [5.74, 6) is -1.19. The highest BCUT2D eigenvalue weighted by atomic mass is 79.9. The molecule has 0 saturated carbocycles. The van der Waals surface area contributed by atoms with Gasteiger partial charge in [-0.15, -0.1) is 0 Å². The van der Waals surface area contributed by atoms with Crippen LogP contribution in [0, 0.1) is 5.41 Å². The van der Waals surface area contributed by atoms with Crippen LogP contribution < -0.4 is 4.90 Å². The Morgan fingerprint density at radius 1 is 0.971 bits per heavy atom. The third kappa shape index (κ3) is 2.68. The minimum Gasteiger partial charge on any atom is -0.352 e. The first kappa shape index (κ1) is 21.5. The van der Waals surface area contributed by atoms with E-state index in [-0.39, 0.29) is 17.3 Å². The highest BCUT2D eigenvalue weighted by Crippen LogP contribution is 2.60. The summed E-state index contributed by atoms with van der Waals surface area (Å²) < 4.78 is 0.882. The van der Waals surface area contributed by atoms with Crippen molar-refractivity contribution in [1.29, 1.82) is 0 Å². The molecular formula is C28H19BrClNO3. The second-order valence-electron chi connectivity index (χ2n) is 9.07. The lowest BCUT2D eigenvalue weighted by Gasteiger charge is -2.37. The van der Waals surface area contributed by atoms with Crippen LogP contribution in [0.3, 0.4) is 0 Å². The zero-order chi connectivity index (χ0) is 23.8. The van der Waals surface area contributed by atoms with E-state index in [1.807, 2.05) is 53.5 Å². The van der Waals surface area contributed by atoms with Crippen LogP contribution in [0.15, 0.2) is 77.3 Å². The molecule has 0 unspecified atom stereocenters. The topological polar surface area (TPSA) is 54.5 Å². The SMILES string of the molecule is CC(=O)[C@@H]1[C@H](c2ccc(Br)cc2)C2(C(=O)c3ccccc3C2=O)[C@@H]2C=Cc3cc(Cl)ccc3N12. The minimum absolute atomic E-state index is 0.0949. The largest absolute Gasteiger partial charge is 0.352 e. The molecule has 2 heterocycles. The first-order valence-electron chi connectivity index (χ1n) is 11.1. The van der Waals surface area contributed by atoms with Gasteiger partial charge in [-0.25, -0.2) is 0 Å². The van der Waals surface area contributed by atoms with E-state index in [4.69, 9.17) is 11.6 Å². The van der Waals surface area contributed by atoms with E-state index >= 15 is 0 Å². The van der Waals surface area contributed by atoms with Gasteiger partial charge in [0, 0.05) is 32.2 Å². The van der Waals surface area contributed by atoms with Crippen molar-refractivity contribution in [3.63, 3.8) is 0 Å². The van der Waals surface area contributed by atoms with Crippen LogP contribution in [-0.2, 0) is 4.79 Å². The highest BCUT2D eigenvalue weighted by molar-refractivity contribution is 9.10. The maximum absolute atomic E-state index is 14.2. The number of carbonyl (C=O) groups is 3. The molecule has 3 aromatic rings. The van der Waals surface area contributed by atoms with Crippen molar-refractivity contribution >= 4 is 56.6 Å². The number of halogens is 2. The summed E-state index contributed by atoms with van der Waals surface area (Å²) in [6.07, 6.45) is 3.81. The standard InChI is InChI=1S/C28H19BrClNO3/c1-15(32)25-24(16-6-9-18(29)10-7-16)28(26(33)20-4-2-3-5-21(20)27(28)34)23-13-8-17-14-19(30)11-12-22(17)31(23)25/h2-14,23-25H,1H3/t23-,24-,25+/m0/s1. The Balaban J connectivity index is 1.68. The maximum atomic E-state index is 14.2. The predicted octanol–water partition coefficient (Wildman–Crippen LogP) is 6.12. The molecule has 6 heteroatoms. The third-order valence-electron chi connectivity index (χ3n) is 7.41. The summed E-state index contributed by atoms with van der Waals surface area (Å²) in [5, 5.41) is 0.583. The molecule has 0 bridgehead atoms. The number of hydrogen-bond acceptors (Lipinski definition) is 4. The van der Waals surface area contributed by atoms with E-state index in [0.717, 1.165) is 21.3 Å². The van der Waals surface area contributed by atoms with Crippen LogP contribution in [-0.4, -0.2) is 29.4 Å². The molecule has 6 rings (SSSR count). The van der Waals surface area contributed by atoms with Crippen LogP contribution in [0.2, 0.25) is 5.02 Å². The summed E-state index contributed by atoms with van der Waals surface area (Å²) in [6.45, 7) is 1.54. The van der Waals surface area contributed by atoms with E-state index in [9.17, 15) is 14.4 Å². The number of Topliss-reactive ketones (excluding diaryl/α,β-unsaturated/α-hetero) is 3. The highest BCUT2D eigenvalue weighted by Gasteiger charge is 2.71. The van der Waals surface area contributed by atoms with Gasteiger partial charge >= 0.3 is 0 Å². The molecule has 4 nitrogen and oxygen atoms in total. The van der Waals surface area contributed by atoms with Crippen LogP contribution in [0.4, 0.5) is 5.69 Å². The quantitative estimate of drug-likeness (QED) is 0.373. The summed E-state index contributed by atoms with van der Waals surface area (Å²) in [5.41, 5.74) is 1.85. The molecule has 0 amide bonds. The van der Waals surface area contributed by atoms with Gasteiger partial charge in [0.2, 0.25) is 0 Å². The second-order valence-corrected chi connectivity index (χ2v) is 10.4. The van der Waals surface area contributed by atoms with Crippen molar-refractivity contribution in [3.8, 4) is 0 Å². The van der Waals surface area contributed by atoms with E-state index in [1.54, 1.807) is 30.3 Å². The fourth-order valence-corrected chi connectivity index (χ4v) is 6.59. The number of carbonyl (C=O) groups excluding carboxylic acids is 3. The number of fused-ring (bicyclic) bond motifs is 5. The fourth-order valence-electron chi connectivity index (χ4n) is 6.14. The second kappa shape index (κ2) is 7.49. The van der Waals surface area contributed by atoms with Gasteiger partial charge in [-0.05, 0) is 48.4 Å². The fraction of sp³-hybridized carbons (Fsp3) is 0.179. The molecule has 2 aliphatic heterocycles. The Kier molecular flexibility index (Phi) is 4.74. The van der Waals surface area contributed by atoms with Crippen molar-refractivity contribution in [2.45, 2.75) is 24.9 Å². The molecule has 3 aliphatic rings. The van der Waals surface area contributed by atoms with Crippen molar-refractivity contribution in [1.82, 2.24) is 0 Å². The van der Waals surface area contributed by atoms with Gasteiger partial charge in [-0.1, -0.05) is 76.1 Å². The van der Waals surface area contributed by atoms with Gasteiger partial charge in [0.05, 0.1) is 12.1 Å². The van der Waals surface area contributed by atoms with Crippen molar-refractivity contribution in [2.24, 2.45) is 5.41 Å². The van der Waals surface area contributed by atoms with Gasteiger partial charge in [0.1, 0.15) is 5.41 Å². The lowest BCUT2D eigenvalue weighted by atomic mass is 9.64. The molecule has 0 radical (unpaired) electrons. The Bertz CT molecular complexity index is 1390. The Morgan fingerprint density at radius 3 is 2.24 bits per heavy atom. The van der Waals surface area contributed by atoms with E-state index in [0.29, 0.717) is 16.1 Å². The van der Waals surface area contributed by atoms with Gasteiger partial charge < -0.3 is 4.90 Å². The molecule has 34 heavy (non-hydrogen) atoms. The molecule has 0 N–H and O–H groups in total. The average Bonchev–Trinajstić information content (AvgIpc) is 3.26. The Morgan fingerprint density at radius 2 is 1.62 bits per heavy atom. The van der Waals surface area contributed by atoms with Crippen molar-refractivity contribution < 1.29 is 14.4 Å². The van der Waals surface area contributed by atoms with Gasteiger partial charge in [0.25, 0.3) is 0 Å². The zero-order valence-electron chi connectivity index (χ0n) is 18.2. The van der Waals surface area contributed by atoms with Crippen LogP contribution in [0.25, 0.3) is 6.08 Å². The van der Waals surface area contributed by atoms with Gasteiger partial charge in [-0.2, -0.15) is 0 Å². The summed E-state index contributed by atoms with van der Waals surface area (Å²) >= 11 is 9.73. The molecule has 1 fully saturated rings. The first-order valence-corrected chi connectivity index (χ1v) is 12.2. The monoisotopic (exact) mass is 531 g/mol. The van der Waals surface area contributed by atoms with Gasteiger partial charge in [-0.3, -0.25) is 14.4 Å². The van der Waals surface area contributed by atoms with E-state index in [2.05, 4.69) is 15.9 Å². The number of benzene rings is 3. The number of anilines is 1. The minimum atomic E-state index is -1.44. The molecule has 1 saturated heterocycles. The third-order valence-corrected chi connectivity index (χ3v) is 8.18. The van der Waals surface area contributed by atoms with Crippen LogP contribution in [0.5, 0.6) is 0 Å². The van der Waals surface area contributed by atoms with Crippen LogP contribution in [0.1, 0.15) is 44.7 Å². The molecular weight excluding hydrogens is 514 g/mol. The summed E-state index contributed by atoms with van der Waals surface area (Å²) in [4.78, 5) is 43.8. The smallest absolute Gasteiger partial charge is 0.180 e. The normalized spacial score (nSPS) is 23.7. The Hall–Kier alpha value is -3.02. The lowest BCUT2D eigenvalue weighted by Crippen LogP contribution is -2.48. The number of ketones is 3. The van der Waals surface area contributed by atoms with Crippen molar-refractivity contribution in [2.75, 3.05) is 4.90 Å². The zero-order valence-corrected chi connectivity index (χ0v) is 20.5. The Labute approximate surface area is 210 Å². The molecule has 0 aromatic heterocycles. The lowest BCUT2D eigenvalue weighted by molar-refractivity contribution is -0.118. The predicted molar refractivity (Wildman–Crippen MR) is 136 cm³/mol. The van der Waals surface area contributed by atoms with Crippen LogP contribution >= 0.6 is 27.5 Å². The molecule has 1 spiro atoms. The van der Waals surface area contributed by atoms with Gasteiger partial charge in [0.15, 0.2) is 17.3 Å². The summed E-state index contributed by atoms with van der Waals surface area (Å²) in [7, 11) is 0. The van der Waals surface area contributed by atoms with E-state index in [1.165, 1.54) is 6.92 Å². The molecule has 3 aromatic carbocycles.